The van der Waals surface area contributed by atoms with Crippen LogP contribution in [0, 0.1) is 0 Å². The Kier molecular flexibility index (Phi) is 3.27. The van der Waals surface area contributed by atoms with Crippen LogP contribution >= 0.6 is 0 Å². The number of rotatable bonds is 3. The summed E-state index contributed by atoms with van der Waals surface area (Å²) in [6.45, 7) is 0. The lowest BCUT2D eigenvalue weighted by Gasteiger charge is -2.33. The first-order valence-electron chi connectivity index (χ1n) is 7.77. The van der Waals surface area contributed by atoms with Crippen molar-refractivity contribution in [2.24, 2.45) is 0 Å². The van der Waals surface area contributed by atoms with E-state index in [9.17, 15) is 0 Å². The van der Waals surface area contributed by atoms with E-state index in [0.29, 0.717) is 11.4 Å². The molecule has 5 N–H and O–H groups in total. The van der Waals surface area contributed by atoms with Gasteiger partial charge in [0.1, 0.15) is 5.82 Å². The first-order valence-corrected chi connectivity index (χ1v) is 7.77. The average molecular weight is 318 g/mol. The summed E-state index contributed by atoms with van der Waals surface area (Å²) in [4.78, 5) is 7.77. The van der Waals surface area contributed by atoms with Crippen LogP contribution in [0.25, 0.3) is 11.1 Å². The number of H-pyrrole nitrogens is 1. The number of imidazole rings is 1. The van der Waals surface area contributed by atoms with Crippen LogP contribution < -0.4 is 11.5 Å². The van der Waals surface area contributed by atoms with Crippen LogP contribution in [0.2, 0.25) is 0 Å². The van der Waals surface area contributed by atoms with Crippen molar-refractivity contribution in [2.45, 2.75) is 11.8 Å². The van der Waals surface area contributed by atoms with Crippen LogP contribution in [0.4, 0.5) is 11.4 Å². The lowest BCUT2D eigenvalue weighted by Crippen LogP contribution is -2.29. The van der Waals surface area contributed by atoms with Crippen molar-refractivity contribution < 1.29 is 4.42 Å². The van der Waals surface area contributed by atoms with E-state index < -0.39 is 5.41 Å². The van der Waals surface area contributed by atoms with Crippen molar-refractivity contribution in [3.63, 3.8) is 0 Å². The number of aromatic nitrogens is 2. The minimum absolute atomic E-state index is 0.496. The third kappa shape index (κ3) is 2.06. The highest BCUT2D eigenvalue weighted by Gasteiger charge is 2.38. The lowest BCUT2D eigenvalue weighted by molar-refractivity contribution is 0.567. The van der Waals surface area contributed by atoms with E-state index in [0.717, 1.165) is 28.9 Å². The Morgan fingerprint density at radius 1 is 1.17 bits per heavy atom. The second kappa shape index (κ2) is 5.45. The van der Waals surface area contributed by atoms with Gasteiger partial charge in [-0.05, 0) is 24.1 Å². The smallest absolute Gasteiger partial charge is 0.121 e. The highest BCUT2D eigenvalue weighted by molar-refractivity contribution is 5.83. The van der Waals surface area contributed by atoms with Crippen LogP contribution in [0.5, 0.6) is 0 Å². The first-order chi connectivity index (χ1) is 11.7. The van der Waals surface area contributed by atoms with Crippen LogP contribution in [-0.4, -0.2) is 9.97 Å². The maximum Gasteiger partial charge on any atom is 0.121 e. The number of nitrogens with one attached hydrogen (secondary N) is 1. The Balaban J connectivity index is 2.05. The minimum atomic E-state index is -0.496. The van der Waals surface area contributed by atoms with Gasteiger partial charge in [-0.3, -0.25) is 0 Å². The molecule has 0 bridgehead atoms. The molecule has 0 amide bonds. The van der Waals surface area contributed by atoms with E-state index in [1.807, 2.05) is 36.5 Å². The summed E-state index contributed by atoms with van der Waals surface area (Å²) in [5.74, 6) is 0.838. The number of furan rings is 1. The van der Waals surface area contributed by atoms with Crippen molar-refractivity contribution in [1.29, 1.82) is 0 Å². The molecule has 0 saturated heterocycles. The van der Waals surface area contributed by atoms with Gasteiger partial charge in [0.15, 0.2) is 0 Å². The van der Waals surface area contributed by atoms with Crippen LogP contribution in [0.1, 0.15) is 17.8 Å². The van der Waals surface area contributed by atoms with Crippen LogP contribution in [-0.2, 0) is 5.41 Å². The predicted octanol–water partition coefficient (Wildman–Crippen LogP) is 3.64. The topological polar surface area (TPSA) is 93.9 Å². The highest BCUT2D eigenvalue weighted by atomic mass is 16.3. The van der Waals surface area contributed by atoms with Gasteiger partial charge >= 0.3 is 0 Å². The number of allylic oxidation sites excluding steroid dienone is 4. The summed E-state index contributed by atoms with van der Waals surface area (Å²) in [7, 11) is 0. The molecule has 0 aliphatic heterocycles. The number of hydrogen-bond acceptors (Lipinski definition) is 4. The number of benzene rings is 1. The summed E-state index contributed by atoms with van der Waals surface area (Å²) in [6, 6.07) is 5.74. The highest BCUT2D eigenvalue weighted by Crippen LogP contribution is 2.46. The Labute approximate surface area is 139 Å². The molecule has 0 saturated carbocycles. The zero-order chi connectivity index (χ0) is 16.6. The fourth-order valence-corrected chi connectivity index (χ4v) is 3.38. The zero-order valence-corrected chi connectivity index (χ0v) is 13.1. The Morgan fingerprint density at radius 2 is 2.08 bits per heavy atom. The summed E-state index contributed by atoms with van der Waals surface area (Å²) in [5, 5.41) is 0. The second-order valence-corrected chi connectivity index (χ2v) is 5.90. The quantitative estimate of drug-likeness (QED) is 0.643. The molecule has 0 fully saturated rings. The molecule has 1 aliphatic rings. The van der Waals surface area contributed by atoms with Gasteiger partial charge in [0.2, 0.25) is 0 Å². The minimum Gasteiger partial charge on any atom is -0.472 e. The van der Waals surface area contributed by atoms with Crippen molar-refractivity contribution in [3.05, 3.63) is 78.8 Å². The Bertz CT molecular complexity index is 907. The van der Waals surface area contributed by atoms with Crippen molar-refractivity contribution >= 4 is 11.4 Å². The summed E-state index contributed by atoms with van der Waals surface area (Å²) in [5.41, 5.74) is 16.1. The second-order valence-electron chi connectivity index (χ2n) is 5.90. The van der Waals surface area contributed by atoms with E-state index in [2.05, 4.69) is 22.1 Å². The number of hydrogen-bond donors (Lipinski definition) is 3. The van der Waals surface area contributed by atoms with E-state index in [1.165, 1.54) is 0 Å². The fraction of sp³-hybridized carbons (Fsp3) is 0.105. The molecule has 120 valence electrons. The molecule has 24 heavy (non-hydrogen) atoms. The van der Waals surface area contributed by atoms with Crippen molar-refractivity contribution in [2.75, 3.05) is 11.5 Å². The van der Waals surface area contributed by atoms with Crippen LogP contribution in [0.15, 0.2) is 71.8 Å². The number of aromatic amines is 1. The SMILES string of the molecule is Nc1ccc(-c2ccoc2)c(C2(c3ncc[nH]3)C=CC=CC2)c1N. The van der Waals surface area contributed by atoms with Crippen molar-refractivity contribution in [1.82, 2.24) is 9.97 Å². The average Bonchev–Trinajstić information content (AvgIpc) is 3.31. The van der Waals surface area contributed by atoms with Gasteiger partial charge in [-0.2, -0.15) is 0 Å². The fourth-order valence-electron chi connectivity index (χ4n) is 3.38. The summed E-state index contributed by atoms with van der Waals surface area (Å²) < 4.78 is 5.28. The normalized spacial score (nSPS) is 19.7. The molecule has 4 rings (SSSR count). The first kappa shape index (κ1) is 14.4. The Hall–Kier alpha value is -3.21. The lowest BCUT2D eigenvalue weighted by atomic mass is 9.71. The van der Waals surface area contributed by atoms with Crippen molar-refractivity contribution in [3.8, 4) is 11.1 Å². The molecule has 5 nitrogen and oxygen atoms in total. The summed E-state index contributed by atoms with van der Waals surface area (Å²) in [6.07, 6.45) is 16.0. The maximum atomic E-state index is 6.46. The van der Waals surface area contributed by atoms with Gasteiger partial charge in [-0.25, -0.2) is 4.98 Å². The molecule has 5 heteroatoms. The monoisotopic (exact) mass is 318 g/mol. The third-order valence-corrected chi connectivity index (χ3v) is 4.55. The molecule has 0 spiro atoms. The molecule has 1 aromatic carbocycles. The van der Waals surface area contributed by atoms with Gasteiger partial charge in [0, 0.05) is 23.5 Å². The number of nitrogen functional groups attached to an aromatic ring is 2. The third-order valence-electron chi connectivity index (χ3n) is 4.55. The maximum absolute atomic E-state index is 6.46. The van der Waals surface area contributed by atoms with E-state index in [-0.39, 0.29) is 0 Å². The van der Waals surface area contributed by atoms with Gasteiger partial charge in [-0.1, -0.05) is 30.4 Å². The summed E-state index contributed by atoms with van der Waals surface area (Å²) >= 11 is 0. The molecule has 2 heterocycles. The van der Waals surface area contributed by atoms with Gasteiger partial charge in [0.05, 0.1) is 29.3 Å². The van der Waals surface area contributed by atoms with E-state index >= 15 is 0 Å². The molecule has 3 aromatic rings. The number of anilines is 2. The van der Waals surface area contributed by atoms with E-state index in [1.54, 1.807) is 18.7 Å². The molecular weight excluding hydrogens is 300 g/mol. The number of nitrogens with zero attached hydrogens (tertiary/aromatic N) is 1. The molecule has 1 atom stereocenters. The molecule has 0 radical (unpaired) electrons. The molecule has 2 aromatic heterocycles. The molecular formula is C19H18N4O. The van der Waals surface area contributed by atoms with Gasteiger partial charge < -0.3 is 20.9 Å². The largest absolute Gasteiger partial charge is 0.472 e. The molecule has 1 aliphatic carbocycles. The van der Waals surface area contributed by atoms with Crippen LogP contribution in [0.3, 0.4) is 0 Å². The predicted molar refractivity (Wildman–Crippen MR) is 95.2 cm³/mol. The van der Waals surface area contributed by atoms with Gasteiger partial charge in [-0.15, -0.1) is 0 Å². The molecule has 1 unspecified atom stereocenters. The van der Waals surface area contributed by atoms with E-state index in [4.69, 9.17) is 15.9 Å². The van der Waals surface area contributed by atoms with Gasteiger partial charge in [0.25, 0.3) is 0 Å². The standard InChI is InChI=1S/C19H18N4O/c20-15-5-4-14(13-6-11-24-12-13)16(17(15)21)19(7-2-1-3-8-19)18-22-9-10-23-18/h1-7,9-12H,8,20-21H2,(H,22,23). The number of nitrogens with two attached hydrogens (primary N) is 2. The Morgan fingerprint density at radius 3 is 2.75 bits per heavy atom. The zero-order valence-electron chi connectivity index (χ0n) is 13.1.